The molecule has 0 amide bonds. The molecule has 2 fully saturated rings. The molecular weight excluding hydrogens is 453 g/mol. The maximum Gasteiger partial charge on any atom is 0.237 e. The summed E-state index contributed by atoms with van der Waals surface area (Å²) in [4.78, 5) is 4.52. The van der Waals surface area contributed by atoms with Gasteiger partial charge in [-0.2, -0.15) is 4.98 Å². The second-order valence-corrected chi connectivity index (χ2v) is 11.0. The van der Waals surface area contributed by atoms with Gasteiger partial charge < -0.3 is 9.26 Å². The maximum atomic E-state index is 14.1. The highest BCUT2D eigenvalue weighted by Gasteiger charge is 2.43. The average Bonchev–Trinajstić information content (AvgIpc) is 3.61. The number of ether oxygens (including phenoxy) is 1. The molecule has 0 saturated heterocycles. The molecule has 2 aromatic heterocycles. The molecule has 0 spiro atoms. The lowest BCUT2D eigenvalue weighted by Crippen LogP contribution is -2.24. The fourth-order valence-corrected chi connectivity index (χ4v) is 6.50. The van der Waals surface area contributed by atoms with Crippen LogP contribution >= 0.6 is 11.8 Å². The van der Waals surface area contributed by atoms with Crippen molar-refractivity contribution in [2.75, 3.05) is 0 Å². The summed E-state index contributed by atoms with van der Waals surface area (Å²) in [6, 6.07) is 6.69. The van der Waals surface area contributed by atoms with E-state index in [9.17, 15) is 4.39 Å². The number of nitrogens with zero attached hydrogens (tertiary/aromatic N) is 5. The summed E-state index contributed by atoms with van der Waals surface area (Å²) in [6.45, 7) is 6.70. The maximum absolute atomic E-state index is 14.1. The zero-order valence-corrected chi connectivity index (χ0v) is 20.8. The Hall–Kier alpha value is -2.42. The summed E-state index contributed by atoms with van der Waals surface area (Å²) in [7, 11) is 0. The third-order valence-corrected chi connectivity index (χ3v) is 8.10. The van der Waals surface area contributed by atoms with Gasteiger partial charge in [-0.15, -0.1) is 10.2 Å². The molecule has 1 aromatic carbocycles. The first kappa shape index (κ1) is 23.3. The molecule has 5 rings (SSSR count). The Morgan fingerprint density at radius 2 is 2.03 bits per heavy atom. The van der Waals surface area contributed by atoms with Crippen molar-refractivity contribution in [1.29, 1.82) is 0 Å². The van der Waals surface area contributed by atoms with Crippen molar-refractivity contribution in [1.82, 2.24) is 24.9 Å². The Morgan fingerprint density at radius 1 is 1.18 bits per heavy atom. The normalized spacial score (nSPS) is 22.6. The first-order chi connectivity index (χ1) is 16.5. The van der Waals surface area contributed by atoms with E-state index >= 15 is 0 Å². The highest BCUT2D eigenvalue weighted by Crippen LogP contribution is 2.52. The van der Waals surface area contributed by atoms with Gasteiger partial charge >= 0.3 is 0 Å². The summed E-state index contributed by atoms with van der Waals surface area (Å²) in [6.07, 6.45) is 6.05. The minimum Gasteiger partial charge on any atom is -0.483 e. The Labute approximate surface area is 203 Å². The summed E-state index contributed by atoms with van der Waals surface area (Å²) in [5.74, 6) is 5.10. The van der Waals surface area contributed by atoms with Crippen LogP contribution in [0.4, 0.5) is 4.39 Å². The number of rotatable bonds is 10. The zero-order valence-electron chi connectivity index (χ0n) is 20.0. The molecule has 34 heavy (non-hydrogen) atoms. The van der Waals surface area contributed by atoms with Crippen LogP contribution in [-0.4, -0.2) is 24.9 Å². The van der Waals surface area contributed by atoms with Crippen LogP contribution in [0.25, 0.3) is 0 Å². The number of thioether (sulfide) groups is 1. The van der Waals surface area contributed by atoms with Crippen LogP contribution < -0.4 is 4.74 Å². The highest BCUT2D eigenvalue weighted by atomic mass is 32.2. The Balaban J connectivity index is 1.34. The quantitative estimate of drug-likeness (QED) is 0.332. The van der Waals surface area contributed by atoms with Crippen molar-refractivity contribution < 1.29 is 13.7 Å². The van der Waals surface area contributed by atoms with E-state index in [1.807, 2.05) is 0 Å². The van der Waals surface area contributed by atoms with Gasteiger partial charge in [-0.25, -0.2) is 4.39 Å². The van der Waals surface area contributed by atoms with Gasteiger partial charge in [0.25, 0.3) is 0 Å². The molecule has 2 bridgehead atoms. The molecule has 2 aliphatic rings. The van der Waals surface area contributed by atoms with Gasteiger partial charge in [-0.3, -0.25) is 4.57 Å². The second kappa shape index (κ2) is 10.1. The van der Waals surface area contributed by atoms with Crippen molar-refractivity contribution >= 4 is 11.8 Å². The summed E-state index contributed by atoms with van der Waals surface area (Å²) >= 11 is 1.55. The van der Waals surface area contributed by atoms with Crippen LogP contribution in [0.2, 0.25) is 0 Å². The van der Waals surface area contributed by atoms with E-state index in [4.69, 9.17) is 9.26 Å². The summed E-state index contributed by atoms with van der Waals surface area (Å²) in [5.41, 5.74) is 0. The lowest BCUT2D eigenvalue weighted by molar-refractivity contribution is 0.215. The van der Waals surface area contributed by atoms with Crippen molar-refractivity contribution in [3.63, 3.8) is 0 Å². The molecule has 7 nitrogen and oxygen atoms in total. The standard InChI is InChI=1S/C25H32FN5O2S/c1-15(2)10-22-27-24(33-30-22)14-34-25-29-28-23(13-32-21-7-5-4-6-20(21)26)31(25)16(3)19-12-17-8-9-18(19)11-17/h4-7,15-19H,8-14H2,1-3H3. The zero-order chi connectivity index (χ0) is 23.7. The van der Waals surface area contributed by atoms with Crippen LogP contribution in [0, 0.1) is 29.5 Å². The van der Waals surface area contributed by atoms with E-state index in [1.165, 1.54) is 31.7 Å². The number of aromatic nitrogens is 5. The first-order valence-corrected chi connectivity index (χ1v) is 13.2. The van der Waals surface area contributed by atoms with Crippen LogP contribution in [0.1, 0.15) is 70.0 Å². The average molecular weight is 486 g/mol. The minimum absolute atomic E-state index is 0.165. The topological polar surface area (TPSA) is 78.9 Å². The predicted octanol–water partition coefficient (Wildman–Crippen LogP) is 5.87. The second-order valence-electron chi connectivity index (χ2n) is 10.1. The lowest BCUT2D eigenvalue weighted by atomic mass is 9.84. The number of fused-ring (bicyclic) bond motifs is 2. The summed E-state index contributed by atoms with van der Waals surface area (Å²) in [5, 5.41) is 13.8. The van der Waals surface area contributed by atoms with Crippen LogP contribution in [0.5, 0.6) is 5.75 Å². The molecule has 3 aromatic rings. The fraction of sp³-hybridized carbons (Fsp3) is 0.600. The third-order valence-electron chi connectivity index (χ3n) is 7.17. The van der Waals surface area contributed by atoms with Gasteiger partial charge in [0.15, 0.2) is 28.4 Å². The SMILES string of the molecule is CC(C)Cc1noc(CSc2nnc(COc3ccccc3F)n2C(C)C2CC3CCC2C3)n1. The van der Waals surface area contributed by atoms with Gasteiger partial charge in [-0.05, 0) is 62.0 Å². The van der Waals surface area contributed by atoms with Gasteiger partial charge in [-0.1, -0.05) is 49.3 Å². The molecule has 2 saturated carbocycles. The fourth-order valence-electron chi connectivity index (χ4n) is 5.62. The third kappa shape index (κ3) is 4.99. The van der Waals surface area contributed by atoms with E-state index < -0.39 is 0 Å². The number of benzene rings is 1. The minimum atomic E-state index is -0.377. The van der Waals surface area contributed by atoms with E-state index in [0.29, 0.717) is 29.3 Å². The Morgan fingerprint density at radius 3 is 2.76 bits per heavy atom. The molecule has 2 heterocycles. The Bertz CT molecular complexity index is 1120. The Kier molecular flexibility index (Phi) is 6.90. The van der Waals surface area contributed by atoms with Gasteiger partial charge in [0.05, 0.1) is 5.75 Å². The van der Waals surface area contributed by atoms with E-state index in [-0.39, 0.29) is 24.2 Å². The van der Waals surface area contributed by atoms with Gasteiger partial charge in [0.2, 0.25) is 5.89 Å². The molecule has 4 atom stereocenters. The number of para-hydroxylation sites is 1. The van der Waals surface area contributed by atoms with E-state index in [1.54, 1.807) is 30.0 Å². The van der Waals surface area contributed by atoms with Gasteiger partial charge in [0, 0.05) is 12.5 Å². The molecule has 0 radical (unpaired) electrons. The highest BCUT2D eigenvalue weighted by molar-refractivity contribution is 7.98. The number of hydrogen-bond donors (Lipinski definition) is 0. The lowest BCUT2D eigenvalue weighted by Gasteiger charge is -2.30. The molecular formula is C25H32FN5O2S. The van der Waals surface area contributed by atoms with Crippen molar-refractivity contribution in [3.8, 4) is 5.75 Å². The largest absolute Gasteiger partial charge is 0.483 e. The van der Waals surface area contributed by atoms with Crippen molar-refractivity contribution in [2.24, 2.45) is 23.7 Å². The summed E-state index contributed by atoms with van der Waals surface area (Å²) < 4.78 is 27.5. The number of halogens is 1. The number of hydrogen-bond acceptors (Lipinski definition) is 7. The molecule has 0 aliphatic heterocycles. The van der Waals surface area contributed by atoms with E-state index in [0.717, 1.165) is 29.2 Å². The van der Waals surface area contributed by atoms with Crippen LogP contribution in [0.15, 0.2) is 33.9 Å². The molecule has 2 aliphatic carbocycles. The first-order valence-electron chi connectivity index (χ1n) is 12.2. The molecule has 9 heteroatoms. The van der Waals surface area contributed by atoms with Gasteiger partial charge in [0.1, 0.15) is 6.61 Å². The smallest absolute Gasteiger partial charge is 0.237 e. The van der Waals surface area contributed by atoms with Crippen molar-refractivity contribution in [2.45, 2.75) is 76.4 Å². The molecule has 0 N–H and O–H groups in total. The predicted molar refractivity (Wildman–Crippen MR) is 127 cm³/mol. The van der Waals surface area contributed by atoms with Crippen LogP contribution in [0.3, 0.4) is 0 Å². The monoisotopic (exact) mass is 485 g/mol. The molecule has 182 valence electrons. The van der Waals surface area contributed by atoms with Crippen LogP contribution in [-0.2, 0) is 18.8 Å². The van der Waals surface area contributed by atoms with Crippen molar-refractivity contribution in [3.05, 3.63) is 47.6 Å². The molecule has 4 unspecified atom stereocenters. The van der Waals surface area contributed by atoms with E-state index in [2.05, 4.69) is 45.7 Å².